The Balaban J connectivity index is 2.06. The van der Waals surface area contributed by atoms with E-state index in [0.29, 0.717) is 12.4 Å². The molecule has 0 aliphatic rings. The Bertz CT molecular complexity index is 1350. The van der Waals surface area contributed by atoms with Crippen molar-refractivity contribution in [2.75, 3.05) is 30.8 Å². The number of likely N-dealkylation sites (N-methyl/N-ethyl adjacent to an activating group) is 1. The Morgan fingerprint density at radius 2 is 1.58 bits per heavy atom. The third kappa shape index (κ3) is 7.35. The molecule has 0 fully saturated rings. The predicted octanol–water partition coefficient (Wildman–Crippen LogP) is 3.55. The van der Waals surface area contributed by atoms with Crippen LogP contribution in [0.15, 0.2) is 78.9 Å². The summed E-state index contributed by atoms with van der Waals surface area (Å²) in [7, 11) is -2.35. The van der Waals surface area contributed by atoms with Crippen molar-refractivity contribution < 1.29 is 22.7 Å². The van der Waals surface area contributed by atoms with Crippen molar-refractivity contribution in [2.24, 2.45) is 0 Å². The summed E-state index contributed by atoms with van der Waals surface area (Å²) in [6, 6.07) is 22.9. The fourth-order valence-corrected chi connectivity index (χ4v) is 5.08. The van der Waals surface area contributed by atoms with Gasteiger partial charge in [0.2, 0.25) is 21.8 Å². The van der Waals surface area contributed by atoms with Gasteiger partial charge in [-0.25, -0.2) is 8.42 Å². The van der Waals surface area contributed by atoms with Gasteiger partial charge in [-0.15, -0.1) is 0 Å². The molecular weight excluding hydrogens is 502 g/mol. The highest BCUT2D eigenvalue weighted by Crippen LogP contribution is 2.30. The molecule has 1 N–H and O–H groups in total. The summed E-state index contributed by atoms with van der Waals surface area (Å²) in [5.41, 5.74) is 2.97. The Morgan fingerprint density at radius 1 is 0.947 bits per heavy atom. The molecule has 0 bridgehead atoms. The van der Waals surface area contributed by atoms with Gasteiger partial charge < -0.3 is 15.0 Å². The van der Waals surface area contributed by atoms with Crippen LogP contribution in [0.3, 0.4) is 0 Å². The van der Waals surface area contributed by atoms with Crippen LogP contribution in [-0.4, -0.2) is 57.6 Å². The van der Waals surface area contributed by atoms with E-state index >= 15 is 0 Å². The summed E-state index contributed by atoms with van der Waals surface area (Å²) in [5, 5.41) is 2.68. The zero-order valence-corrected chi connectivity index (χ0v) is 23.1. The van der Waals surface area contributed by atoms with Gasteiger partial charge in [-0.1, -0.05) is 66.7 Å². The summed E-state index contributed by atoms with van der Waals surface area (Å²) in [4.78, 5) is 28.6. The van der Waals surface area contributed by atoms with Crippen molar-refractivity contribution in [1.29, 1.82) is 0 Å². The lowest BCUT2D eigenvalue weighted by Crippen LogP contribution is -2.53. The molecule has 0 heterocycles. The zero-order valence-electron chi connectivity index (χ0n) is 22.3. The molecule has 0 unspecified atom stereocenters. The molecule has 0 aliphatic heterocycles. The summed E-state index contributed by atoms with van der Waals surface area (Å²) < 4.78 is 32.6. The van der Waals surface area contributed by atoms with Crippen LogP contribution in [0.5, 0.6) is 5.75 Å². The van der Waals surface area contributed by atoms with E-state index in [4.69, 9.17) is 4.74 Å². The van der Waals surface area contributed by atoms with Gasteiger partial charge in [-0.05, 0) is 42.7 Å². The Hall–Kier alpha value is -3.85. The number of hydrogen-bond donors (Lipinski definition) is 1. The van der Waals surface area contributed by atoms with Crippen LogP contribution >= 0.6 is 0 Å². The number of carbonyl (C=O) groups is 2. The minimum absolute atomic E-state index is 0.140. The molecule has 3 aromatic rings. The second kappa shape index (κ2) is 13.1. The summed E-state index contributed by atoms with van der Waals surface area (Å²) in [6.45, 7) is 3.72. The van der Waals surface area contributed by atoms with E-state index in [1.807, 2.05) is 61.5 Å². The van der Waals surface area contributed by atoms with Gasteiger partial charge in [-0.3, -0.25) is 13.9 Å². The van der Waals surface area contributed by atoms with E-state index in [-0.39, 0.29) is 24.6 Å². The average Bonchev–Trinajstić information content (AvgIpc) is 2.90. The normalized spacial score (nSPS) is 11.9. The molecular formula is C29H35N3O5S. The number of aryl methyl sites for hydroxylation is 1. The van der Waals surface area contributed by atoms with Crippen LogP contribution in [0.2, 0.25) is 0 Å². The third-order valence-electron chi connectivity index (χ3n) is 6.23. The maximum absolute atomic E-state index is 14.0. The van der Waals surface area contributed by atoms with Crippen LogP contribution in [0.1, 0.15) is 23.6 Å². The predicted molar refractivity (Wildman–Crippen MR) is 150 cm³/mol. The number of amides is 2. The lowest BCUT2D eigenvalue weighted by Gasteiger charge is -2.33. The highest BCUT2D eigenvalue weighted by molar-refractivity contribution is 7.92. The quantitative estimate of drug-likeness (QED) is 0.381. The first-order chi connectivity index (χ1) is 18.2. The smallest absolute Gasteiger partial charge is 0.244 e. The Kier molecular flexibility index (Phi) is 9.90. The highest BCUT2D eigenvalue weighted by Gasteiger charge is 2.33. The molecule has 0 radical (unpaired) electrons. The van der Waals surface area contributed by atoms with Crippen molar-refractivity contribution in [3.63, 3.8) is 0 Å². The van der Waals surface area contributed by atoms with Gasteiger partial charge in [0.15, 0.2) is 0 Å². The van der Waals surface area contributed by atoms with Crippen molar-refractivity contribution in [2.45, 2.75) is 32.9 Å². The van der Waals surface area contributed by atoms with Crippen LogP contribution in [0.4, 0.5) is 5.69 Å². The van der Waals surface area contributed by atoms with Crippen LogP contribution in [-0.2, 0) is 32.6 Å². The van der Waals surface area contributed by atoms with Crippen LogP contribution in [0, 0.1) is 6.92 Å². The van der Waals surface area contributed by atoms with Gasteiger partial charge in [-0.2, -0.15) is 0 Å². The van der Waals surface area contributed by atoms with E-state index in [2.05, 4.69) is 5.32 Å². The van der Waals surface area contributed by atoms with Gasteiger partial charge in [0.1, 0.15) is 18.3 Å². The topological polar surface area (TPSA) is 96.0 Å². The Labute approximate surface area is 225 Å². The van der Waals surface area contributed by atoms with Gasteiger partial charge in [0.25, 0.3) is 0 Å². The van der Waals surface area contributed by atoms with E-state index in [0.717, 1.165) is 27.3 Å². The second-order valence-corrected chi connectivity index (χ2v) is 10.8. The molecule has 0 aromatic heterocycles. The van der Waals surface area contributed by atoms with Crippen LogP contribution in [0.25, 0.3) is 0 Å². The highest BCUT2D eigenvalue weighted by atomic mass is 32.2. The molecule has 3 aromatic carbocycles. The molecule has 0 saturated carbocycles. The third-order valence-corrected chi connectivity index (χ3v) is 7.36. The van der Waals surface area contributed by atoms with E-state index < -0.39 is 28.5 Å². The maximum atomic E-state index is 14.0. The first-order valence-corrected chi connectivity index (χ1v) is 14.3. The van der Waals surface area contributed by atoms with Gasteiger partial charge >= 0.3 is 0 Å². The molecule has 0 aliphatic carbocycles. The number of ether oxygens (including phenoxy) is 1. The standard InChI is InChI=1S/C29H35N3O5S/c1-5-37-27-18-12-11-17-25(27)32(38(4,35)36)21-28(33)31(20-24-16-10-9-13-22(24)2)26(29(34)30-3)19-23-14-7-6-8-15-23/h6-18,26H,5,19-21H2,1-4H3,(H,30,34)/t26-/m0/s1. The van der Waals surface area contributed by atoms with Crippen molar-refractivity contribution in [1.82, 2.24) is 10.2 Å². The molecule has 38 heavy (non-hydrogen) atoms. The summed E-state index contributed by atoms with van der Waals surface area (Å²) in [6.07, 6.45) is 1.32. The summed E-state index contributed by atoms with van der Waals surface area (Å²) in [5.74, 6) is -0.489. The molecule has 2 amide bonds. The number of carbonyl (C=O) groups excluding carboxylic acids is 2. The monoisotopic (exact) mass is 537 g/mol. The Morgan fingerprint density at radius 3 is 2.21 bits per heavy atom. The summed E-state index contributed by atoms with van der Waals surface area (Å²) >= 11 is 0. The number of benzene rings is 3. The number of rotatable bonds is 12. The maximum Gasteiger partial charge on any atom is 0.244 e. The first kappa shape index (κ1) is 28.7. The molecule has 3 rings (SSSR count). The second-order valence-electron chi connectivity index (χ2n) is 8.94. The number of anilines is 1. The fourth-order valence-electron chi connectivity index (χ4n) is 4.23. The fraction of sp³-hybridized carbons (Fsp3) is 0.310. The van der Waals surface area contributed by atoms with Crippen molar-refractivity contribution in [3.05, 3.63) is 95.6 Å². The zero-order chi connectivity index (χ0) is 27.7. The van der Waals surface area contributed by atoms with Crippen molar-refractivity contribution >= 4 is 27.5 Å². The molecule has 0 saturated heterocycles. The number of nitrogens with one attached hydrogen (secondary N) is 1. The SMILES string of the molecule is CCOc1ccccc1N(CC(=O)N(Cc1ccccc1C)[C@@H](Cc1ccccc1)C(=O)NC)S(C)(=O)=O. The van der Waals surface area contributed by atoms with Gasteiger partial charge in [0, 0.05) is 20.0 Å². The minimum atomic E-state index is -3.87. The average molecular weight is 538 g/mol. The van der Waals surface area contributed by atoms with Crippen LogP contribution < -0.4 is 14.4 Å². The molecule has 8 nitrogen and oxygen atoms in total. The lowest BCUT2D eigenvalue weighted by atomic mass is 10.0. The molecule has 1 atom stereocenters. The van der Waals surface area contributed by atoms with Crippen molar-refractivity contribution in [3.8, 4) is 5.75 Å². The van der Waals surface area contributed by atoms with Gasteiger partial charge in [0.05, 0.1) is 18.6 Å². The van der Waals surface area contributed by atoms with E-state index in [1.54, 1.807) is 31.2 Å². The molecule has 0 spiro atoms. The number of hydrogen-bond acceptors (Lipinski definition) is 5. The minimum Gasteiger partial charge on any atom is -0.492 e. The van der Waals surface area contributed by atoms with E-state index in [1.165, 1.54) is 11.9 Å². The van der Waals surface area contributed by atoms with E-state index in [9.17, 15) is 18.0 Å². The molecule has 9 heteroatoms. The largest absolute Gasteiger partial charge is 0.492 e. The number of para-hydroxylation sites is 2. The number of sulfonamides is 1. The lowest BCUT2D eigenvalue weighted by molar-refractivity contribution is -0.139. The number of nitrogens with zero attached hydrogens (tertiary/aromatic N) is 2. The molecule has 202 valence electrons. The first-order valence-electron chi connectivity index (χ1n) is 12.4.